The fourth-order valence-electron chi connectivity index (χ4n) is 3.44. The molecule has 0 radical (unpaired) electrons. The second-order valence-corrected chi connectivity index (χ2v) is 6.48. The van der Waals surface area contributed by atoms with Crippen molar-refractivity contribution in [2.45, 2.75) is 25.8 Å². The highest BCUT2D eigenvalue weighted by molar-refractivity contribution is 5.94. The van der Waals surface area contributed by atoms with Crippen molar-refractivity contribution in [2.75, 3.05) is 38.0 Å². The van der Waals surface area contributed by atoms with Crippen molar-refractivity contribution in [3.8, 4) is 0 Å². The molecule has 7 heteroatoms. The van der Waals surface area contributed by atoms with Gasteiger partial charge < -0.3 is 20.0 Å². The number of anilines is 1. The predicted octanol–water partition coefficient (Wildman–Crippen LogP) is 1.37. The van der Waals surface area contributed by atoms with Crippen molar-refractivity contribution in [2.24, 2.45) is 0 Å². The van der Waals surface area contributed by atoms with Crippen LogP contribution in [0.4, 0.5) is 10.5 Å². The third-order valence-electron chi connectivity index (χ3n) is 4.86. The molecule has 2 heterocycles. The minimum atomic E-state index is -0.410. The van der Waals surface area contributed by atoms with Crippen LogP contribution in [-0.2, 0) is 9.59 Å². The third-order valence-corrected chi connectivity index (χ3v) is 4.86. The molecule has 1 N–H and O–H groups in total. The quantitative estimate of drug-likeness (QED) is 0.881. The van der Waals surface area contributed by atoms with Gasteiger partial charge in [0, 0.05) is 45.3 Å². The van der Waals surface area contributed by atoms with Crippen LogP contribution in [0.2, 0.25) is 0 Å². The molecule has 0 aliphatic carbocycles. The summed E-state index contributed by atoms with van der Waals surface area (Å²) in [5.41, 5.74) is 0.723. The molecule has 0 aromatic heterocycles. The number of carbonyl (C=O) groups excluding carboxylic acids is 3. The number of rotatable bonds is 2. The molecule has 0 bridgehead atoms. The Bertz CT molecular complexity index is 641. The van der Waals surface area contributed by atoms with E-state index in [0.717, 1.165) is 12.1 Å². The van der Waals surface area contributed by atoms with Crippen LogP contribution < -0.4 is 5.32 Å². The van der Waals surface area contributed by atoms with E-state index in [9.17, 15) is 14.4 Å². The lowest BCUT2D eigenvalue weighted by atomic mass is 10.1. The Morgan fingerprint density at radius 2 is 1.60 bits per heavy atom. The molecule has 0 spiro atoms. The predicted molar refractivity (Wildman–Crippen MR) is 94.0 cm³/mol. The number of hydrogen-bond acceptors (Lipinski definition) is 3. The largest absolute Gasteiger partial charge is 0.339 e. The maximum absolute atomic E-state index is 12.8. The Morgan fingerprint density at radius 3 is 2.24 bits per heavy atom. The topological polar surface area (TPSA) is 73.0 Å². The first kappa shape index (κ1) is 17.3. The normalized spacial score (nSPS) is 20.5. The van der Waals surface area contributed by atoms with Crippen molar-refractivity contribution in [1.82, 2.24) is 14.7 Å². The number of nitrogens with zero attached hydrogens (tertiary/aromatic N) is 3. The smallest absolute Gasteiger partial charge is 0.322 e. The highest BCUT2D eigenvalue weighted by atomic mass is 16.2. The Morgan fingerprint density at radius 1 is 0.960 bits per heavy atom. The van der Waals surface area contributed by atoms with Gasteiger partial charge >= 0.3 is 6.03 Å². The van der Waals surface area contributed by atoms with E-state index in [1.807, 2.05) is 30.3 Å². The molecular formula is C18H24N4O3. The van der Waals surface area contributed by atoms with Gasteiger partial charge in [-0.15, -0.1) is 0 Å². The summed E-state index contributed by atoms with van der Waals surface area (Å²) in [7, 11) is 0. The zero-order chi connectivity index (χ0) is 17.8. The van der Waals surface area contributed by atoms with E-state index in [2.05, 4.69) is 5.32 Å². The van der Waals surface area contributed by atoms with Gasteiger partial charge in [-0.2, -0.15) is 0 Å². The lowest BCUT2D eigenvalue weighted by Crippen LogP contribution is -2.55. The van der Waals surface area contributed by atoms with Crippen molar-refractivity contribution >= 4 is 23.5 Å². The van der Waals surface area contributed by atoms with Crippen molar-refractivity contribution in [3.05, 3.63) is 30.3 Å². The van der Waals surface area contributed by atoms with Crippen molar-refractivity contribution in [3.63, 3.8) is 0 Å². The maximum Gasteiger partial charge on any atom is 0.322 e. The average Bonchev–Trinajstić information content (AvgIpc) is 3.12. The Hall–Kier alpha value is -2.57. The zero-order valence-electron chi connectivity index (χ0n) is 14.5. The second kappa shape index (κ2) is 7.55. The Balaban J connectivity index is 1.60. The van der Waals surface area contributed by atoms with Gasteiger partial charge in [0.15, 0.2) is 0 Å². The van der Waals surface area contributed by atoms with Gasteiger partial charge in [-0.25, -0.2) is 4.79 Å². The van der Waals surface area contributed by atoms with Crippen molar-refractivity contribution in [1.29, 1.82) is 0 Å². The van der Waals surface area contributed by atoms with Gasteiger partial charge in [0.25, 0.3) is 0 Å². The molecule has 1 aromatic carbocycles. The van der Waals surface area contributed by atoms with E-state index in [-0.39, 0.29) is 17.8 Å². The summed E-state index contributed by atoms with van der Waals surface area (Å²) in [6, 6.07) is 8.61. The summed E-state index contributed by atoms with van der Waals surface area (Å²) < 4.78 is 0. The first-order valence-electron chi connectivity index (χ1n) is 8.73. The summed E-state index contributed by atoms with van der Waals surface area (Å²) in [4.78, 5) is 42.0. The fourth-order valence-corrected chi connectivity index (χ4v) is 3.44. The summed E-state index contributed by atoms with van der Waals surface area (Å²) in [5.74, 6) is 0.0285. The molecule has 0 saturated carbocycles. The molecule has 2 saturated heterocycles. The van der Waals surface area contributed by atoms with E-state index in [4.69, 9.17) is 0 Å². The van der Waals surface area contributed by atoms with Gasteiger partial charge in [-0.3, -0.25) is 9.59 Å². The van der Waals surface area contributed by atoms with E-state index in [1.54, 1.807) is 21.6 Å². The number of carbonyl (C=O) groups is 3. The van der Waals surface area contributed by atoms with Gasteiger partial charge in [-0.05, 0) is 25.0 Å². The van der Waals surface area contributed by atoms with Crippen LogP contribution in [0.25, 0.3) is 0 Å². The Kier molecular flexibility index (Phi) is 5.21. The van der Waals surface area contributed by atoms with Crippen LogP contribution in [-0.4, -0.2) is 71.3 Å². The lowest BCUT2D eigenvalue weighted by Gasteiger charge is -2.37. The molecule has 4 amide bonds. The molecular weight excluding hydrogens is 320 g/mol. The fraction of sp³-hybridized carbons (Fsp3) is 0.500. The molecule has 3 rings (SSSR count). The number of piperazine rings is 1. The molecule has 2 aliphatic heterocycles. The van der Waals surface area contributed by atoms with E-state index in [1.165, 1.54) is 0 Å². The van der Waals surface area contributed by atoms with Crippen LogP contribution in [0.15, 0.2) is 30.3 Å². The van der Waals surface area contributed by atoms with Crippen LogP contribution in [0.5, 0.6) is 0 Å². The summed E-state index contributed by atoms with van der Waals surface area (Å²) in [6.07, 6.45) is 1.51. The third kappa shape index (κ3) is 3.92. The van der Waals surface area contributed by atoms with Crippen molar-refractivity contribution < 1.29 is 14.4 Å². The highest BCUT2D eigenvalue weighted by Crippen LogP contribution is 2.21. The number of likely N-dealkylation sites (tertiary alicyclic amines) is 1. The minimum absolute atomic E-state index is 0.0103. The molecule has 2 aliphatic rings. The summed E-state index contributed by atoms with van der Waals surface area (Å²) in [5, 5.41) is 2.86. The molecule has 1 atom stereocenters. The molecule has 25 heavy (non-hydrogen) atoms. The SMILES string of the molecule is CC(=O)N1CCN(C(=O)C2CCCN2C(=O)Nc2ccccc2)CC1. The number of hydrogen-bond donors (Lipinski definition) is 1. The number of amides is 4. The van der Waals surface area contributed by atoms with E-state index >= 15 is 0 Å². The van der Waals surface area contributed by atoms with Gasteiger partial charge in [-0.1, -0.05) is 18.2 Å². The van der Waals surface area contributed by atoms with Crippen LogP contribution in [0.1, 0.15) is 19.8 Å². The standard InChI is InChI=1S/C18H24N4O3/c1-14(23)20-10-12-21(13-11-20)17(24)16-8-5-9-22(16)18(25)19-15-6-3-2-4-7-15/h2-4,6-7,16H,5,8-13H2,1H3,(H,19,25). The summed E-state index contributed by atoms with van der Waals surface area (Å²) in [6.45, 7) is 4.31. The molecule has 1 aromatic rings. The molecule has 1 unspecified atom stereocenters. The molecule has 2 fully saturated rings. The number of urea groups is 1. The monoisotopic (exact) mass is 344 g/mol. The average molecular weight is 344 g/mol. The van der Waals surface area contributed by atoms with E-state index in [0.29, 0.717) is 39.1 Å². The summed E-state index contributed by atoms with van der Waals surface area (Å²) >= 11 is 0. The zero-order valence-corrected chi connectivity index (χ0v) is 14.5. The van der Waals surface area contributed by atoms with Crippen LogP contribution in [0.3, 0.4) is 0 Å². The maximum atomic E-state index is 12.8. The minimum Gasteiger partial charge on any atom is -0.339 e. The number of benzene rings is 1. The Labute approximate surface area is 147 Å². The number of para-hydroxylation sites is 1. The van der Waals surface area contributed by atoms with E-state index < -0.39 is 6.04 Å². The van der Waals surface area contributed by atoms with Gasteiger partial charge in [0.1, 0.15) is 6.04 Å². The highest BCUT2D eigenvalue weighted by Gasteiger charge is 2.37. The molecule has 7 nitrogen and oxygen atoms in total. The van der Waals surface area contributed by atoms with Gasteiger partial charge in [0.2, 0.25) is 11.8 Å². The number of nitrogens with one attached hydrogen (secondary N) is 1. The first-order valence-corrected chi connectivity index (χ1v) is 8.73. The first-order chi connectivity index (χ1) is 12.1. The van der Waals surface area contributed by atoms with Crippen LogP contribution >= 0.6 is 0 Å². The molecule has 134 valence electrons. The van der Waals surface area contributed by atoms with Gasteiger partial charge in [0.05, 0.1) is 0 Å². The second-order valence-electron chi connectivity index (χ2n) is 6.48. The lowest BCUT2D eigenvalue weighted by molar-refractivity contribution is -0.141. The van der Waals surface area contributed by atoms with Crippen LogP contribution in [0, 0.1) is 0 Å².